The molecule has 0 spiro atoms. The molecule has 0 N–H and O–H groups in total. The first kappa shape index (κ1) is 19.1. The van der Waals surface area contributed by atoms with Gasteiger partial charge in [0.05, 0.1) is 12.7 Å². The van der Waals surface area contributed by atoms with Crippen LogP contribution in [0.3, 0.4) is 0 Å². The second-order valence-electron chi connectivity index (χ2n) is 7.24. The Labute approximate surface area is 158 Å². The van der Waals surface area contributed by atoms with Crippen molar-refractivity contribution < 1.29 is 18.7 Å². The van der Waals surface area contributed by atoms with E-state index in [1.165, 1.54) is 26.9 Å². The van der Waals surface area contributed by atoms with E-state index in [0.29, 0.717) is 23.0 Å². The lowest BCUT2D eigenvalue weighted by Gasteiger charge is -2.45. The van der Waals surface area contributed by atoms with Crippen LogP contribution in [0, 0.1) is 5.92 Å². The molecule has 2 aromatic rings. The highest BCUT2D eigenvalue weighted by Crippen LogP contribution is 2.44. The molecule has 1 aliphatic carbocycles. The number of carbonyl (C=O) groups excluding carboxylic acids is 1. The lowest BCUT2D eigenvalue weighted by molar-refractivity contribution is -0.137. The smallest absolute Gasteiger partial charge is 0.343 e. The Kier molecular flexibility index (Phi) is 5.63. The SMILES string of the molecule is COC(C)=O.C[C@]12CCCCC1Cc1c(cc(-c3cccnc3)oc1=O)O2. The third-order valence-electron chi connectivity index (χ3n) is 5.38. The average Bonchev–Trinajstić information content (AvgIpc) is 2.67. The minimum atomic E-state index is -0.274. The number of carbonyl (C=O) groups is 1. The highest BCUT2D eigenvalue weighted by molar-refractivity contribution is 5.65. The van der Waals surface area contributed by atoms with Crippen LogP contribution in [0.2, 0.25) is 0 Å². The first-order chi connectivity index (χ1) is 12.9. The van der Waals surface area contributed by atoms with Crippen molar-refractivity contribution in [3.63, 3.8) is 0 Å². The third-order valence-corrected chi connectivity index (χ3v) is 5.38. The van der Waals surface area contributed by atoms with Gasteiger partial charge >= 0.3 is 11.6 Å². The molecule has 1 saturated carbocycles. The number of aromatic nitrogens is 1. The van der Waals surface area contributed by atoms with Crippen molar-refractivity contribution in [2.75, 3.05) is 7.11 Å². The van der Waals surface area contributed by atoms with E-state index in [1.54, 1.807) is 12.4 Å². The van der Waals surface area contributed by atoms with Crippen LogP contribution in [0.5, 0.6) is 5.75 Å². The van der Waals surface area contributed by atoms with Crippen LogP contribution in [0.15, 0.2) is 39.8 Å². The molecule has 2 atom stereocenters. The van der Waals surface area contributed by atoms with Crippen molar-refractivity contribution in [1.82, 2.24) is 4.98 Å². The van der Waals surface area contributed by atoms with E-state index in [4.69, 9.17) is 9.15 Å². The maximum atomic E-state index is 12.4. The summed E-state index contributed by atoms with van der Waals surface area (Å²) in [5.41, 5.74) is 1.06. The lowest BCUT2D eigenvalue weighted by atomic mass is 9.72. The number of nitrogens with zero attached hydrogens (tertiary/aromatic N) is 1. The van der Waals surface area contributed by atoms with Gasteiger partial charge in [0.1, 0.15) is 17.1 Å². The molecule has 0 amide bonds. The number of hydrogen-bond donors (Lipinski definition) is 0. The summed E-state index contributed by atoms with van der Waals surface area (Å²) in [6.07, 6.45) is 8.75. The van der Waals surface area contributed by atoms with Crippen LogP contribution in [-0.2, 0) is 16.0 Å². The second-order valence-corrected chi connectivity index (χ2v) is 7.24. The topological polar surface area (TPSA) is 78.6 Å². The second kappa shape index (κ2) is 7.94. The zero-order valence-electron chi connectivity index (χ0n) is 16.0. The van der Waals surface area contributed by atoms with Gasteiger partial charge in [-0.1, -0.05) is 6.42 Å². The summed E-state index contributed by atoms with van der Waals surface area (Å²) in [6, 6.07) is 5.56. The lowest BCUT2D eigenvalue weighted by Crippen LogP contribution is -2.48. The van der Waals surface area contributed by atoms with Gasteiger partial charge in [0.2, 0.25) is 0 Å². The maximum absolute atomic E-state index is 12.4. The Hall–Kier alpha value is -2.63. The number of hydrogen-bond acceptors (Lipinski definition) is 6. The van der Waals surface area contributed by atoms with Gasteiger partial charge in [0, 0.05) is 36.9 Å². The Morgan fingerprint density at radius 1 is 1.37 bits per heavy atom. The molecule has 0 radical (unpaired) electrons. The van der Waals surface area contributed by atoms with Gasteiger partial charge in [-0.15, -0.1) is 0 Å². The molecule has 2 aromatic heterocycles. The Morgan fingerprint density at radius 2 is 2.15 bits per heavy atom. The third kappa shape index (κ3) is 4.21. The number of pyridine rings is 1. The summed E-state index contributed by atoms with van der Waals surface area (Å²) >= 11 is 0. The molecular weight excluding hydrogens is 346 g/mol. The molecule has 1 unspecified atom stereocenters. The summed E-state index contributed by atoms with van der Waals surface area (Å²) in [4.78, 5) is 26.0. The number of ether oxygens (including phenoxy) is 2. The fourth-order valence-electron chi connectivity index (χ4n) is 3.75. The number of esters is 1. The van der Waals surface area contributed by atoms with Crippen molar-refractivity contribution >= 4 is 5.97 Å². The normalized spacial score (nSPS) is 23.0. The van der Waals surface area contributed by atoms with E-state index >= 15 is 0 Å². The maximum Gasteiger partial charge on any atom is 0.343 e. The van der Waals surface area contributed by atoms with E-state index in [2.05, 4.69) is 16.6 Å². The van der Waals surface area contributed by atoms with Gasteiger partial charge in [0.25, 0.3) is 0 Å². The van der Waals surface area contributed by atoms with Crippen molar-refractivity contribution in [1.29, 1.82) is 0 Å². The predicted molar refractivity (Wildman–Crippen MR) is 101 cm³/mol. The highest BCUT2D eigenvalue weighted by atomic mass is 16.5. The average molecular weight is 371 g/mol. The monoisotopic (exact) mass is 371 g/mol. The van der Waals surface area contributed by atoms with Crippen molar-refractivity contribution in [3.05, 3.63) is 46.6 Å². The van der Waals surface area contributed by atoms with Crippen LogP contribution < -0.4 is 10.4 Å². The van der Waals surface area contributed by atoms with Crippen LogP contribution in [0.1, 0.15) is 45.1 Å². The molecule has 27 heavy (non-hydrogen) atoms. The van der Waals surface area contributed by atoms with E-state index in [9.17, 15) is 9.59 Å². The summed E-state index contributed by atoms with van der Waals surface area (Å²) < 4.78 is 15.9. The molecule has 144 valence electrons. The number of methoxy groups -OCH3 is 1. The summed E-state index contributed by atoms with van der Waals surface area (Å²) in [5, 5.41) is 0. The first-order valence-corrected chi connectivity index (χ1v) is 9.24. The van der Waals surface area contributed by atoms with Crippen molar-refractivity contribution in [2.45, 2.75) is 51.6 Å². The minimum absolute atomic E-state index is 0.148. The highest BCUT2D eigenvalue weighted by Gasteiger charge is 2.43. The van der Waals surface area contributed by atoms with Gasteiger partial charge in [-0.3, -0.25) is 9.78 Å². The molecule has 3 heterocycles. The Bertz CT molecular complexity index is 861. The van der Waals surface area contributed by atoms with Gasteiger partial charge in [-0.05, 0) is 44.7 Å². The number of rotatable bonds is 1. The van der Waals surface area contributed by atoms with E-state index in [0.717, 1.165) is 24.8 Å². The van der Waals surface area contributed by atoms with E-state index < -0.39 is 0 Å². The molecular formula is C21H25NO5. The van der Waals surface area contributed by atoms with Gasteiger partial charge in [-0.25, -0.2) is 4.79 Å². The van der Waals surface area contributed by atoms with Gasteiger partial charge in [0.15, 0.2) is 0 Å². The standard InChI is InChI=1S/C18H19NO3.C3H6O2/c1-18-7-3-2-6-13(18)9-14-16(22-18)10-15(21-17(14)20)12-5-4-8-19-11-12;1-3(4)5-2/h4-5,8,10-11,13H,2-3,6-7,9H2,1H3;1-2H3/t13?,18-;/m0./s1. The Balaban J connectivity index is 0.000000376. The van der Waals surface area contributed by atoms with Crippen molar-refractivity contribution in [2.24, 2.45) is 5.92 Å². The fraction of sp³-hybridized carbons (Fsp3) is 0.476. The van der Waals surface area contributed by atoms with Crippen LogP contribution in [0.25, 0.3) is 11.3 Å². The largest absolute Gasteiger partial charge is 0.487 e. The summed E-state index contributed by atoms with van der Waals surface area (Å²) in [6.45, 7) is 3.54. The summed E-state index contributed by atoms with van der Waals surface area (Å²) in [5.74, 6) is 1.39. The van der Waals surface area contributed by atoms with E-state index in [-0.39, 0.29) is 17.2 Å². The zero-order chi connectivity index (χ0) is 19.4. The molecule has 2 aliphatic rings. The molecule has 4 rings (SSSR count). The van der Waals surface area contributed by atoms with Crippen LogP contribution >= 0.6 is 0 Å². The molecule has 0 bridgehead atoms. The molecule has 0 aromatic carbocycles. The molecule has 6 nitrogen and oxygen atoms in total. The van der Waals surface area contributed by atoms with E-state index in [1.807, 2.05) is 18.2 Å². The molecule has 0 saturated heterocycles. The van der Waals surface area contributed by atoms with Crippen LogP contribution in [0.4, 0.5) is 0 Å². The van der Waals surface area contributed by atoms with Gasteiger partial charge < -0.3 is 13.9 Å². The Morgan fingerprint density at radius 3 is 2.81 bits per heavy atom. The first-order valence-electron chi connectivity index (χ1n) is 9.24. The number of fused-ring (bicyclic) bond motifs is 2. The summed E-state index contributed by atoms with van der Waals surface area (Å²) in [7, 11) is 1.35. The minimum Gasteiger partial charge on any atom is -0.487 e. The molecule has 1 aliphatic heterocycles. The van der Waals surface area contributed by atoms with Crippen LogP contribution in [-0.4, -0.2) is 23.7 Å². The molecule has 1 fully saturated rings. The molecule has 6 heteroatoms. The zero-order valence-corrected chi connectivity index (χ0v) is 16.0. The fourth-order valence-corrected chi connectivity index (χ4v) is 3.75. The van der Waals surface area contributed by atoms with Gasteiger partial charge in [-0.2, -0.15) is 0 Å². The van der Waals surface area contributed by atoms with Crippen molar-refractivity contribution in [3.8, 4) is 17.1 Å². The predicted octanol–water partition coefficient (Wildman–Crippen LogP) is 3.76. The quantitative estimate of drug-likeness (QED) is 0.710.